The van der Waals surface area contributed by atoms with Gasteiger partial charge in [0.05, 0.1) is 9.79 Å². The van der Waals surface area contributed by atoms with Gasteiger partial charge in [-0.05, 0) is 140 Å². The lowest BCUT2D eigenvalue weighted by atomic mass is 9.78. The minimum Gasteiger partial charge on any atom is -0.457 e. The molecule has 9 aromatic rings. The molecular weight excluding hydrogens is 885 g/mol. The lowest BCUT2D eigenvalue weighted by Gasteiger charge is -2.26. The zero-order valence-electron chi connectivity index (χ0n) is 43.9. The van der Waals surface area contributed by atoms with Crippen molar-refractivity contribution in [2.45, 2.75) is 98.3 Å². The standard InChI is InChI=1S/C17H20.C14H14O2S.C14H14O.C14H14.C8H10/c1-13-5-9-15(10-6-13)17(3,4)16-11-7-14(2)8-12-16;1-11-3-7-13(8-4-11)17(15,16)14-9-5-12(2)6-10-14;1-11-3-7-13(8-4-11)15-14-9-5-12(2)6-10-14;1-11-3-7-13(8-4-11)14-9-5-12(2)6-10-14;1-7-3-5-8(2)6-4-7/h5-12H,1-4H3;3-10H,1-2H3;3-10H,1-2H3;3-10H,1-2H3;3-6H,1-2H3. The van der Waals surface area contributed by atoms with Crippen LogP contribution in [-0.4, -0.2) is 8.42 Å². The lowest BCUT2D eigenvalue weighted by molar-refractivity contribution is 0.482. The Labute approximate surface area is 426 Å². The van der Waals surface area contributed by atoms with Gasteiger partial charge >= 0.3 is 0 Å². The largest absolute Gasteiger partial charge is 0.457 e. The second-order valence-electron chi connectivity index (χ2n) is 19.1. The van der Waals surface area contributed by atoms with Crippen LogP contribution in [0, 0.1) is 69.2 Å². The highest BCUT2D eigenvalue weighted by Gasteiger charge is 2.22. The van der Waals surface area contributed by atoms with E-state index in [-0.39, 0.29) is 5.41 Å². The van der Waals surface area contributed by atoms with E-state index in [9.17, 15) is 8.42 Å². The average Bonchev–Trinajstić information content (AvgIpc) is 3.36. The van der Waals surface area contributed by atoms with Gasteiger partial charge in [-0.2, -0.15) is 0 Å². The van der Waals surface area contributed by atoms with Crippen molar-refractivity contribution >= 4 is 9.84 Å². The van der Waals surface area contributed by atoms with Crippen LogP contribution in [0.4, 0.5) is 0 Å². The lowest BCUT2D eigenvalue weighted by Crippen LogP contribution is -2.18. The summed E-state index contributed by atoms with van der Waals surface area (Å²) in [5, 5.41) is 0. The Hall–Kier alpha value is -7.27. The van der Waals surface area contributed by atoms with Crippen LogP contribution in [0.1, 0.15) is 80.6 Å². The zero-order chi connectivity index (χ0) is 51.6. The fourth-order valence-electron chi connectivity index (χ4n) is 7.16. The molecule has 0 saturated heterocycles. The van der Waals surface area contributed by atoms with E-state index in [4.69, 9.17) is 4.74 Å². The molecule has 0 N–H and O–H groups in total. The van der Waals surface area contributed by atoms with Crippen molar-refractivity contribution in [2.24, 2.45) is 0 Å². The third-order valence-electron chi connectivity index (χ3n) is 12.1. The average molecular weight is 957 g/mol. The Balaban J connectivity index is 0.000000168. The molecule has 0 aliphatic heterocycles. The predicted molar refractivity (Wildman–Crippen MR) is 302 cm³/mol. The summed E-state index contributed by atoms with van der Waals surface area (Å²) in [7, 11) is -3.37. The highest BCUT2D eigenvalue weighted by atomic mass is 32.2. The molecule has 71 heavy (non-hydrogen) atoms. The molecule has 364 valence electrons. The molecule has 0 amide bonds. The Morgan fingerprint density at radius 2 is 0.451 bits per heavy atom. The van der Waals surface area contributed by atoms with Crippen molar-refractivity contribution < 1.29 is 13.2 Å². The number of hydrogen-bond acceptors (Lipinski definition) is 3. The Bertz CT molecular complexity index is 2870. The highest BCUT2D eigenvalue weighted by Crippen LogP contribution is 2.32. The molecule has 4 heteroatoms. The highest BCUT2D eigenvalue weighted by molar-refractivity contribution is 7.91. The quantitative estimate of drug-likeness (QED) is 0.160. The van der Waals surface area contributed by atoms with Crippen LogP contribution in [0.25, 0.3) is 11.1 Å². The molecule has 0 fully saturated rings. The molecule has 0 aromatic heterocycles. The molecule has 9 rings (SSSR count). The van der Waals surface area contributed by atoms with E-state index < -0.39 is 9.84 Å². The van der Waals surface area contributed by atoms with Gasteiger partial charge in [-0.15, -0.1) is 0 Å². The molecule has 0 aliphatic carbocycles. The molecule has 0 saturated carbocycles. The molecule has 0 atom stereocenters. The number of aryl methyl sites for hydroxylation is 10. The Morgan fingerprint density at radius 3 is 0.690 bits per heavy atom. The van der Waals surface area contributed by atoms with E-state index in [1.54, 1.807) is 48.5 Å². The molecule has 0 aliphatic rings. The van der Waals surface area contributed by atoms with Crippen LogP contribution in [0.15, 0.2) is 228 Å². The van der Waals surface area contributed by atoms with Crippen LogP contribution in [0.2, 0.25) is 0 Å². The fraction of sp³-hybridized carbons (Fsp3) is 0.194. The van der Waals surface area contributed by atoms with Gasteiger partial charge in [0.25, 0.3) is 0 Å². The molecule has 0 heterocycles. The SMILES string of the molecule is Cc1ccc(-c2ccc(C)cc2)cc1.Cc1ccc(C(C)(C)c2ccc(C)cc2)cc1.Cc1ccc(C)cc1.Cc1ccc(Oc2ccc(C)cc2)cc1.Cc1ccc(S(=O)(=O)c2ccc(C)cc2)cc1. The van der Waals surface area contributed by atoms with Gasteiger partial charge < -0.3 is 4.74 Å². The Kier molecular flexibility index (Phi) is 20.1. The summed E-state index contributed by atoms with van der Waals surface area (Å²) in [5.41, 5.74) is 17.9. The van der Waals surface area contributed by atoms with Gasteiger partial charge in [-0.1, -0.05) is 239 Å². The van der Waals surface area contributed by atoms with Gasteiger partial charge in [-0.3, -0.25) is 0 Å². The van der Waals surface area contributed by atoms with Gasteiger partial charge in [0.1, 0.15) is 11.5 Å². The molecule has 0 radical (unpaired) electrons. The number of hydrogen-bond donors (Lipinski definition) is 0. The number of ether oxygens (including phenoxy) is 1. The minimum atomic E-state index is -3.37. The molecule has 0 unspecified atom stereocenters. The minimum absolute atomic E-state index is 0.0708. The molecule has 0 bridgehead atoms. The number of sulfone groups is 1. The first-order valence-corrected chi connectivity index (χ1v) is 25.8. The van der Waals surface area contributed by atoms with Crippen molar-refractivity contribution in [1.29, 1.82) is 0 Å². The fourth-order valence-corrected chi connectivity index (χ4v) is 8.42. The normalized spacial score (nSPS) is 10.6. The van der Waals surface area contributed by atoms with Crippen LogP contribution in [0.3, 0.4) is 0 Å². The summed E-state index contributed by atoms with van der Waals surface area (Å²) in [6.45, 7) is 25.2. The second-order valence-corrected chi connectivity index (χ2v) is 21.1. The second kappa shape index (κ2) is 26.1. The third kappa shape index (κ3) is 17.6. The monoisotopic (exact) mass is 957 g/mol. The van der Waals surface area contributed by atoms with E-state index in [2.05, 4.69) is 191 Å². The molecule has 3 nitrogen and oxygen atoms in total. The Morgan fingerprint density at radius 1 is 0.268 bits per heavy atom. The summed E-state index contributed by atoms with van der Waals surface area (Å²) >= 11 is 0. The van der Waals surface area contributed by atoms with Crippen molar-refractivity contribution in [3.05, 3.63) is 285 Å². The predicted octanol–water partition coefficient (Wildman–Crippen LogP) is 18.1. The van der Waals surface area contributed by atoms with Crippen LogP contribution >= 0.6 is 0 Å². The number of rotatable bonds is 7. The van der Waals surface area contributed by atoms with Crippen molar-refractivity contribution in [1.82, 2.24) is 0 Å². The van der Waals surface area contributed by atoms with Crippen molar-refractivity contribution in [2.75, 3.05) is 0 Å². The summed E-state index contributed by atoms with van der Waals surface area (Å²) in [6, 6.07) is 73.3. The van der Waals surface area contributed by atoms with Crippen molar-refractivity contribution in [3.63, 3.8) is 0 Å². The number of benzene rings is 9. The maximum atomic E-state index is 12.3. The van der Waals surface area contributed by atoms with Gasteiger partial charge in [-0.25, -0.2) is 8.42 Å². The van der Waals surface area contributed by atoms with E-state index in [0.717, 1.165) is 22.6 Å². The van der Waals surface area contributed by atoms with Gasteiger partial charge in [0.15, 0.2) is 0 Å². The maximum absolute atomic E-state index is 12.3. The first-order valence-electron chi connectivity index (χ1n) is 24.3. The zero-order valence-corrected chi connectivity index (χ0v) is 44.7. The maximum Gasteiger partial charge on any atom is 0.206 e. The topological polar surface area (TPSA) is 43.4 Å². The third-order valence-corrected chi connectivity index (χ3v) is 13.9. The van der Waals surface area contributed by atoms with E-state index >= 15 is 0 Å². The van der Waals surface area contributed by atoms with Crippen LogP contribution in [-0.2, 0) is 15.3 Å². The van der Waals surface area contributed by atoms with Crippen molar-refractivity contribution in [3.8, 4) is 22.6 Å². The first-order chi connectivity index (χ1) is 33.8. The molecular formula is C67H72O3S. The first kappa shape index (κ1) is 54.7. The smallest absolute Gasteiger partial charge is 0.206 e. The summed E-state index contributed by atoms with van der Waals surface area (Å²) < 4.78 is 30.2. The molecule has 0 spiro atoms. The van der Waals surface area contributed by atoms with E-state index in [0.29, 0.717) is 9.79 Å². The van der Waals surface area contributed by atoms with E-state index in [1.165, 1.54) is 66.8 Å². The van der Waals surface area contributed by atoms with Crippen LogP contribution < -0.4 is 4.74 Å². The summed E-state index contributed by atoms with van der Waals surface area (Å²) in [4.78, 5) is 0.680. The van der Waals surface area contributed by atoms with Crippen LogP contribution in [0.5, 0.6) is 11.5 Å². The molecule has 9 aromatic carbocycles. The van der Waals surface area contributed by atoms with Gasteiger partial charge in [0.2, 0.25) is 9.84 Å². The summed E-state index contributed by atoms with van der Waals surface area (Å²) in [6.07, 6.45) is 0. The van der Waals surface area contributed by atoms with Gasteiger partial charge in [0, 0.05) is 5.41 Å². The van der Waals surface area contributed by atoms with E-state index in [1.807, 2.05) is 62.4 Å². The summed E-state index contributed by atoms with van der Waals surface area (Å²) in [5.74, 6) is 1.76.